The van der Waals surface area contributed by atoms with Gasteiger partial charge in [0.25, 0.3) is 5.91 Å². The highest BCUT2D eigenvalue weighted by atomic mass is 19.4. The molecule has 0 saturated carbocycles. The largest absolute Gasteiger partial charge is 0.390 e. The van der Waals surface area contributed by atoms with Crippen molar-refractivity contribution in [2.45, 2.75) is 26.4 Å². The van der Waals surface area contributed by atoms with Crippen LogP contribution in [0.1, 0.15) is 29.4 Å². The Bertz CT molecular complexity index is 446. The summed E-state index contributed by atoms with van der Waals surface area (Å²) in [5, 5.41) is 5.22. The molecule has 0 spiro atoms. The van der Waals surface area contributed by atoms with E-state index in [9.17, 15) is 18.0 Å². The van der Waals surface area contributed by atoms with Gasteiger partial charge in [0.1, 0.15) is 0 Å². The maximum absolute atomic E-state index is 12.0. The number of carbonyl (C=O) groups is 1. The minimum Gasteiger partial charge on any atom is -0.385 e. The maximum Gasteiger partial charge on any atom is 0.390 e. The molecule has 1 rings (SSSR count). The molecule has 0 saturated heterocycles. The summed E-state index contributed by atoms with van der Waals surface area (Å²) in [7, 11) is 0. The Hall–Kier alpha value is -1.79. The predicted octanol–water partition coefficient (Wildman–Crippen LogP) is 2.50. The SMILES string of the molecule is CCNc1cc(C)ncc1C(=O)NCCC(F)(F)F. The fourth-order valence-corrected chi connectivity index (χ4v) is 1.49. The van der Waals surface area contributed by atoms with Crippen LogP contribution in [-0.2, 0) is 0 Å². The first-order valence-corrected chi connectivity index (χ1v) is 5.89. The molecule has 2 N–H and O–H groups in total. The van der Waals surface area contributed by atoms with Crippen molar-refractivity contribution in [1.29, 1.82) is 0 Å². The number of anilines is 1. The van der Waals surface area contributed by atoms with Crippen molar-refractivity contribution in [3.8, 4) is 0 Å². The summed E-state index contributed by atoms with van der Waals surface area (Å²) in [5.41, 5.74) is 1.54. The molecule has 0 atom stereocenters. The minimum absolute atomic E-state index is 0.245. The first kappa shape index (κ1) is 15.3. The lowest BCUT2D eigenvalue weighted by molar-refractivity contribution is -0.132. The van der Waals surface area contributed by atoms with Crippen molar-refractivity contribution >= 4 is 11.6 Å². The van der Waals surface area contributed by atoms with Crippen LogP contribution in [0.15, 0.2) is 12.3 Å². The highest BCUT2D eigenvalue weighted by molar-refractivity contribution is 5.99. The maximum atomic E-state index is 12.0. The van der Waals surface area contributed by atoms with Crippen LogP contribution in [-0.4, -0.2) is 30.2 Å². The van der Waals surface area contributed by atoms with Crippen LogP contribution >= 0.6 is 0 Å². The van der Waals surface area contributed by atoms with E-state index in [2.05, 4.69) is 15.6 Å². The second-order valence-corrected chi connectivity index (χ2v) is 4.02. The molecule has 1 amide bonds. The van der Waals surface area contributed by atoms with Crippen LogP contribution in [0.3, 0.4) is 0 Å². The molecule has 0 fully saturated rings. The number of nitrogens with zero attached hydrogens (tertiary/aromatic N) is 1. The number of halogens is 3. The van der Waals surface area contributed by atoms with Crippen molar-refractivity contribution in [2.75, 3.05) is 18.4 Å². The summed E-state index contributed by atoms with van der Waals surface area (Å²) >= 11 is 0. The van der Waals surface area contributed by atoms with Crippen molar-refractivity contribution in [1.82, 2.24) is 10.3 Å². The van der Waals surface area contributed by atoms with Crippen LogP contribution in [0.4, 0.5) is 18.9 Å². The van der Waals surface area contributed by atoms with Gasteiger partial charge in [-0.25, -0.2) is 0 Å². The van der Waals surface area contributed by atoms with Crippen LogP contribution < -0.4 is 10.6 Å². The Labute approximate surface area is 109 Å². The normalized spacial score (nSPS) is 11.2. The third-order valence-electron chi connectivity index (χ3n) is 2.35. The van der Waals surface area contributed by atoms with Gasteiger partial charge >= 0.3 is 6.18 Å². The Morgan fingerprint density at radius 1 is 1.42 bits per heavy atom. The summed E-state index contributed by atoms with van der Waals surface area (Å²) in [5.74, 6) is -0.562. The molecular formula is C12H16F3N3O. The molecule has 7 heteroatoms. The number of pyridine rings is 1. The van der Waals surface area contributed by atoms with Gasteiger partial charge in [-0.3, -0.25) is 9.78 Å². The number of rotatable bonds is 5. The van der Waals surface area contributed by atoms with Gasteiger partial charge in [-0.15, -0.1) is 0 Å². The monoisotopic (exact) mass is 275 g/mol. The van der Waals surface area contributed by atoms with Crippen LogP contribution in [0, 0.1) is 6.92 Å². The van der Waals surface area contributed by atoms with Gasteiger partial charge in [-0.1, -0.05) is 0 Å². The summed E-state index contributed by atoms with van der Waals surface area (Å²) in [6, 6.07) is 1.68. The average Bonchev–Trinajstić information content (AvgIpc) is 2.27. The lowest BCUT2D eigenvalue weighted by atomic mass is 10.2. The fourth-order valence-electron chi connectivity index (χ4n) is 1.49. The Morgan fingerprint density at radius 3 is 2.68 bits per heavy atom. The number of alkyl halides is 3. The smallest absolute Gasteiger partial charge is 0.385 e. The van der Waals surface area contributed by atoms with E-state index in [1.54, 1.807) is 13.0 Å². The number of hydrogen-bond donors (Lipinski definition) is 2. The number of amides is 1. The number of nitrogens with one attached hydrogen (secondary N) is 2. The molecule has 0 unspecified atom stereocenters. The molecule has 0 aliphatic rings. The third-order valence-corrected chi connectivity index (χ3v) is 2.35. The molecule has 0 aliphatic carbocycles. The van der Waals surface area contributed by atoms with Crippen LogP contribution in [0.25, 0.3) is 0 Å². The zero-order valence-corrected chi connectivity index (χ0v) is 10.8. The molecule has 1 aromatic rings. The summed E-state index contributed by atoms with van der Waals surface area (Å²) in [4.78, 5) is 15.8. The molecule has 0 bridgehead atoms. The van der Waals surface area contributed by atoms with Crippen molar-refractivity contribution in [3.63, 3.8) is 0 Å². The van der Waals surface area contributed by atoms with E-state index >= 15 is 0 Å². The van der Waals surface area contributed by atoms with Gasteiger partial charge in [-0.2, -0.15) is 13.2 Å². The summed E-state index contributed by atoms with van der Waals surface area (Å²) in [6.07, 6.45) is -3.96. The third kappa shape index (κ3) is 5.15. The van der Waals surface area contributed by atoms with Gasteiger partial charge in [0, 0.05) is 25.0 Å². The van der Waals surface area contributed by atoms with Gasteiger partial charge in [0.05, 0.1) is 17.7 Å². The molecule has 0 aromatic carbocycles. The zero-order chi connectivity index (χ0) is 14.5. The highest BCUT2D eigenvalue weighted by Crippen LogP contribution is 2.19. The molecule has 0 radical (unpaired) electrons. The quantitative estimate of drug-likeness (QED) is 0.868. The minimum atomic E-state index is -4.27. The van der Waals surface area contributed by atoms with Gasteiger partial charge in [0.2, 0.25) is 0 Å². The highest BCUT2D eigenvalue weighted by Gasteiger charge is 2.26. The lowest BCUT2D eigenvalue weighted by Gasteiger charge is -2.12. The van der Waals surface area contributed by atoms with Crippen LogP contribution in [0.2, 0.25) is 0 Å². The molecule has 1 heterocycles. The number of aryl methyl sites for hydroxylation is 1. The van der Waals surface area contributed by atoms with E-state index in [1.165, 1.54) is 6.20 Å². The molecule has 4 nitrogen and oxygen atoms in total. The number of hydrogen-bond acceptors (Lipinski definition) is 3. The first-order valence-electron chi connectivity index (χ1n) is 5.89. The van der Waals surface area contributed by atoms with Gasteiger partial charge in [-0.05, 0) is 19.9 Å². The van der Waals surface area contributed by atoms with Gasteiger partial charge in [0.15, 0.2) is 0 Å². The molecule has 106 valence electrons. The standard InChI is InChI=1S/C12H16F3N3O/c1-3-16-10-6-8(2)18-7-9(10)11(19)17-5-4-12(13,14)15/h6-7H,3-5H2,1-2H3,(H,16,18)(H,17,19). The Morgan fingerprint density at radius 2 is 2.11 bits per heavy atom. The van der Waals surface area contributed by atoms with E-state index < -0.39 is 25.0 Å². The Kier molecular flexibility index (Phi) is 5.14. The van der Waals surface area contributed by atoms with Gasteiger partial charge < -0.3 is 10.6 Å². The van der Waals surface area contributed by atoms with E-state index in [1.807, 2.05) is 6.92 Å². The zero-order valence-electron chi connectivity index (χ0n) is 10.8. The number of carbonyl (C=O) groups excluding carboxylic acids is 1. The summed E-state index contributed by atoms with van der Waals surface area (Å²) < 4.78 is 36.0. The number of aromatic nitrogens is 1. The molecule has 1 aromatic heterocycles. The fraction of sp³-hybridized carbons (Fsp3) is 0.500. The second-order valence-electron chi connectivity index (χ2n) is 4.02. The first-order chi connectivity index (χ1) is 8.83. The Balaban J connectivity index is 2.71. The van der Waals surface area contributed by atoms with E-state index in [0.29, 0.717) is 12.2 Å². The van der Waals surface area contributed by atoms with E-state index in [0.717, 1.165) is 5.69 Å². The lowest BCUT2D eigenvalue weighted by Crippen LogP contribution is -2.28. The predicted molar refractivity (Wildman–Crippen MR) is 66.1 cm³/mol. The van der Waals surface area contributed by atoms with E-state index in [4.69, 9.17) is 0 Å². The second kappa shape index (κ2) is 6.40. The van der Waals surface area contributed by atoms with E-state index in [-0.39, 0.29) is 5.56 Å². The molecule has 0 aliphatic heterocycles. The molecule has 19 heavy (non-hydrogen) atoms. The molecular weight excluding hydrogens is 259 g/mol. The van der Waals surface area contributed by atoms with Crippen LogP contribution in [0.5, 0.6) is 0 Å². The topological polar surface area (TPSA) is 54.0 Å². The average molecular weight is 275 g/mol. The van der Waals surface area contributed by atoms with Crippen molar-refractivity contribution in [3.05, 3.63) is 23.5 Å². The summed E-state index contributed by atoms with van der Waals surface area (Å²) in [6.45, 7) is 3.79. The van der Waals surface area contributed by atoms with Crippen molar-refractivity contribution in [2.24, 2.45) is 0 Å². The van der Waals surface area contributed by atoms with Crippen molar-refractivity contribution < 1.29 is 18.0 Å².